The van der Waals surface area contributed by atoms with E-state index in [2.05, 4.69) is 40.4 Å². The van der Waals surface area contributed by atoms with Gasteiger partial charge in [0.1, 0.15) is 0 Å². The van der Waals surface area contributed by atoms with Gasteiger partial charge in [0.2, 0.25) is 0 Å². The van der Waals surface area contributed by atoms with Crippen LogP contribution in [0.5, 0.6) is 0 Å². The van der Waals surface area contributed by atoms with Crippen molar-refractivity contribution in [3.8, 4) is 0 Å². The fraction of sp³-hybridized carbons (Fsp3) is 0.850. The van der Waals surface area contributed by atoms with Crippen molar-refractivity contribution in [2.45, 2.75) is 85.2 Å². The summed E-state index contributed by atoms with van der Waals surface area (Å²) in [6.07, 6.45) is 3.57. The number of hydrogen-bond acceptors (Lipinski definition) is 3. The molecule has 0 spiro atoms. The minimum atomic E-state index is -1.22. The second-order valence-electron chi connectivity index (χ2n) is 10.1. The second-order valence-corrected chi connectivity index (χ2v) is 15.7. The first-order valence-electron chi connectivity index (χ1n) is 9.45. The number of aliphatic hydroxyl groups is 1. The number of rotatable bonds is 4. The summed E-state index contributed by atoms with van der Waals surface area (Å²) in [4.78, 5) is 12.9. The summed E-state index contributed by atoms with van der Waals surface area (Å²) in [5.41, 5.74) is 1.60. The lowest BCUT2D eigenvalue weighted by molar-refractivity contribution is -0.142. The maximum atomic E-state index is 12.9. The van der Waals surface area contributed by atoms with Crippen molar-refractivity contribution in [1.82, 2.24) is 0 Å². The second kappa shape index (κ2) is 6.60. The quantitative estimate of drug-likeness (QED) is 0.585. The maximum absolute atomic E-state index is 12.9. The van der Waals surface area contributed by atoms with Crippen LogP contribution < -0.4 is 0 Å². The summed E-state index contributed by atoms with van der Waals surface area (Å²) >= 11 is 0. The van der Waals surface area contributed by atoms with E-state index in [0.717, 1.165) is 42.9 Å². The topological polar surface area (TPSA) is 46.5 Å². The fourth-order valence-electron chi connectivity index (χ4n) is 4.93. The molecule has 0 aliphatic heterocycles. The predicted octanol–water partition coefficient (Wildman–Crippen LogP) is 4.78. The highest BCUT2D eigenvalue weighted by Gasteiger charge is 2.54. The smallest absolute Gasteiger partial charge is 0.334 e. The zero-order valence-corrected chi connectivity index (χ0v) is 17.7. The van der Waals surface area contributed by atoms with Crippen molar-refractivity contribution in [3.05, 3.63) is 11.1 Å². The molecule has 0 aromatic carbocycles. The third kappa shape index (κ3) is 3.80. The van der Waals surface area contributed by atoms with Crippen molar-refractivity contribution in [2.24, 2.45) is 16.7 Å². The number of esters is 1. The van der Waals surface area contributed by atoms with E-state index in [9.17, 15) is 9.90 Å². The molecule has 1 N–H and O–H groups in total. The lowest BCUT2D eigenvalue weighted by Crippen LogP contribution is -2.50. The van der Waals surface area contributed by atoms with Crippen LogP contribution in [0.4, 0.5) is 0 Å². The molecule has 0 saturated heterocycles. The van der Waals surface area contributed by atoms with Gasteiger partial charge in [-0.05, 0) is 49.1 Å². The van der Waals surface area contributed by atoms with E-state index in [1.54, 1.807) is 0 Å². The molecule has 4 heteroatoms. The Kier molecular flexibility index (Phi) is 5.42. The Hall–Kier alpha value is -0.613. The standard InChI is InChI=1S/C20H36O3Si/c1-14-15(21)13-16-19(2,3)9-8-10-20(16,4)17(14)18(22)23-11-12-24(5,6)7/h15-16,21H,8-13H2,1-7H3. The van der Waals surface area contributed by atoms with Gasteiger partial charge in [-0.25, -0.2) is 4.79 Å². The summed E-state index contributed by atoms with van der Waals surface area (Å²) in [7, 11) is -1.22. The molecule has 2 aliphatic rings. The van der Waals surface area contributed by atoms with Crippen molar-refractivity contribution in [3.63, 3.8) is 0 Å². The maximum Gasteiger partial charge on any atom is 0.334 e. The van der Waals surface area contributed by atoms with Gasteiger partial charge in [0.25, 0.3) is 0 Å². The van der Waals surface area contributed by atoms with Crippen LogP contribution in [0.25, 0.3) is 0 Å². The lowest BCUT2D eigenvalue weighted by atomic mass is 9.50. The molecule has 1 saturated carbocycles. The molecule has 3 atom stereocenters. The molecule has 1 fully saturated rings. The summed E-state index contributed by atoms with van der Waals surface area (Å²) in [6, 6.07) is 0.985. The minimum Gasteiger partial charge on any atom is -0.463 e. The third-order valence-corrected chi connectivity index (χ3v) is 8.15. The van der Waals surface area contributed by atoms with E-state index < -0.39 is 14.2 Å². The Bertz CT molecular complexity index is 529. The van der Waals surface area contributed by atoms with Gasteiger partial charge in [0.05, 0.1) is 12.7 Å². The summed E-state index contributed by atoms with van der Waals surface area (Å²) in [5.74, 6) is 0.145. The molecule has 0 aromatic rings. The summed E-state index contributed by atoms with van der Waals surface area (Å²) in [6.45, 7) is 16.1. The molecule has 3 unspecified atom stereocenters. The molecule has 2 rings (SSSR count). The average molecular weight is 353 g/mol. The van der Waals surface area contributed by atoms with Gasteiger partial charge < -0.3 is 9.84 Å². The first-order chi connectivity index (χ1) is 10.9. The molecule has 3 nitrogen and oxygen atoms in total. The van der Waals surface area contributed by atoms with Gasteiger partial charge in [-0.1, -0.05) is 46.8 Å². The van der Waals surface area contributed by atoms with Crippen LogP contribution in [0.2, 0.25) is 25.7 Å². The number of hydrogen-bond donors (Lipinski definition) is 1. The van der Waals surface area contributed by atoms with Crippen LogP contribution in [0.15, 0.2) is 11.1 Å². The van der Waals surface area contributed by atoms with E-state index in [1.807, 2.05) is 6.92 Å². The highest BCUT2D eigenvalue weighted by Crippen LogP contribution is 2.59. The number of fused-ring (bicyclic) bond motifs is 1. The number of carbonyl (C=O) groups is 1. The minimum absolute atomic E-state index is 0.151. The Morgan fingerprint density at radius 3 is 2.46 bits per heavy atom. The van der Waals surface area contributed by atoms with Gasteiger partial charge in [0, 0.05) is 19.1 Å². The molecule has 0 aromatic heterocycles. The molecule has 2 aliphatic carbocycles. The zero-order valence-electron chi connectivity index (χ0n) is 16.7. The number of ether oxygens (including phenoxy) is 1. The summed E-state index contributed by atoms with van der Waals surface area (Å²) in [5, 5.41) is 10.6. The Morgan fingerprint density at radius 1 is 1.25 bits per heavy atom. The SMILES string of the molecule is CC1=C(C(=O)OCC[Si](C)(C)C)C2(C)CCCC(C)(C)C2CC1O. The average Bonchev–Trinajstić information content (AvgIpc) is 2.40. The summed E-state index contributed by atoms with van der Waals surface area (Å²) < 4.78 is 5.69. The Balaban J connectivity index is 2.28. The van der Waals surface area contributed by atoms with Crippen LogP contribution in [-0.2, 0) is 9.53 Å². The predicted molar refractivity (Wildman–Crippen MR) is 102 cm³/mol. The van der Waals surface area contributed by atoms with Gasteiger partial charge in [-0.15, -0.1) is 0 Å². The van der Waals surface area contributed by atoms with Crippen LogP contribution >= 0.6 is 0 Å². The van der Waals surface area contributed by atoms with Crippen molar-refractivity contribution < 1.29 is 14.6 Å². The van der Waals surface area contributed by atoms with Crippen LogP contribution in [-0.4, -0.2) is 31.9 Å². The van der Waals surface area contributed by atoms with Gasteiger partial charge in [0.15, 0.2) is 0 Å². The van der Waals surface area contributed by atoms with E-state index in [1.165, 1.54) is 0 Å². The van der Waals surface area contributed by atoms with Gasteiger partial charge in [-0.3, -0.25) is 0 Å². The van der Waals surface area contributed by atoms with Crippen molar-refractivity contribution in [1.29, 1.82) is 0 Å². The highest BCUT2D eigenvalue weighted by atomic mass is 28.3. The van der Waals surface area contributed by atoms with Crippen molar-refractivity contribution >= 4 is 14.0 Å². The molecular formula is C20H36O3Si. The first kappa shape index (κ1) is 19.7. The van der Waals surface area contributed by atoms with Crippen molar-refractivity contribution in [2.75, 3.05) is 6.61 Å². The molecule has 0 heterocycles. The Labute approximate surface area is 148 Å². The number of carbonyl (C=O) groups excluding carboxylic acids is 1. The van der Waals surface area contributed by atoms with E-state index in [0.29, 0.717) is 12.5 Å². The van der Waals surface area contributed by atoms with Crippen LogP contribution in [0.1, 0.15) is 53.4 Å². The molecule has 24 heavy (non-hydrogen) atoms. The van der Waals surface area contributed by atoms with E-state index in [-0.39, 0.29) is 16.8 Å². The lowest BCUT2D eigenvalue weighted by Gasteiger charge is -2.55. The largest absolute Gasteiger partial charge is 0.463 e. The molecule has 138 valence electrons. The molecule has 0 amide bonds. The monoisotopic (exact) mass is 352 g/mol. The first-order valence-corrected chi connectivity index (χ1v) is 13.2. The fourth-order valence-corrected chi connectivity index (χ4v) is 5.65. The van der Waals surface area contributed by atoms with Crippen LogP contribution in [0, 0.1) is 16.7 Å². The van der Waals surface area contributed by atoms with E-state index >= 15 is 0 Å². The normalized spacial score (nSPS) is 33.2. The molecule has 0 radical (unpaired) electrons. The molecule has 0 bridgehead atoms. The van der Waals surface area contributed by atoms with Crippen LogP contribution in [0.3, 0.4) is 0 Å². The zero-order chi connectivity index (χ0) is 18.3. The molecular weight excluding hydrogens is 316 g/mol. The van der Waals surface area contributed by atoms with E-state index in [4.69, 9.17) is 4.74 Å². The number of aliphatic hydroxyl groups excluding tert-OH is 1. The third-order valence-electron chi connectivity index (χ3n) is 6.44. The Morgan fingerprint density at radius 2 is 1.88 bits per heavy atom. The van der Waals surface area contributed by atoms with Gasteiger partial charge in [-0.2, -0.15) is 0 Å². The highest BCUT2D eigenvalue weighted by molar-refractivity contribution is 6.76. The van der Waals surface area contributed by atoms with Gasteiger partial charge >= 0.3 is 5.97 Å².